The highest BCUT2D eigenvalue weighted by Crippen LogP contribution is 2.30. The summed E-state index contributed by atoms with van der Waals surface area (Å²) in [5, 5.41) is 2.22. The van der Waals surface area contributed by atoms with E-state index in [0.29, 0.717) is 5.56 Å². The highest BCUT2D eigenvalue weighted by molar-refractivity contribution is 5.97. The average Bonchev–Trinajstić information content (AvgIpc) is 2.64. The minimum Gasteiger partial charge on any atom is -0.456 e. The van der Waals surface area contributed by atoms with Crippen molar-refractivity contribution in [2.24, 2.45) is 0 Å². The minimum absolute atomic E-state index is 0.0647. The highest BCUT2D eigenvalue weighted by Gasteiger charge is 2.30. The predicted molar refractivity (Wildman–Crippen MR) is 91.0 cm³/mol. The number of nitrogens with one attached hydrogen (secondary N) is 1. The number of alkyl halides is 3. The Morgan fingerprint density at radius 2 is 1.63 bits per heavy atom. The summed E-state index contributed by atoms with van der Waals surface area (Å²) in [7, 11) is 0. The molecule has 0 radical (unpaired) electrons. The van der Waals surface area contributed by atoms with Crippen molar-refractivity contribution >= 4 is 23.3 Å². The lowest BCUT2D eigenvalue weighted by Crippen LogP contribution is -2.21. The van der Waals surface area contributed by atoms with Crippen molar-refractivity contribution in [3.63, 3.8) is 0 Å². The first-order chi connectivity index (χ1) is 12.8. The normalized spacial score (nSPS) is 10.9. The lowest BCUT2D eigenvalue weighted by atomic mass is 10.1. The molecule has 2 aromatic carbocycles. The van der Waals surface area contributed by atoms with E-state index < -0.39 is 30.2 Å². The van der Waals surface area contributed by atoms with Crippen LogP contribution in [0, 0.1) is 0 Å². The van der Waals surface area contributed by atoms with E-state index in [1.807, 2.05) is 0 Å². The first kappa shape index (κ1) is 20.2. The Balaban J connectivity index is 1.77. The number of esters is 1. The Morgan fingerprint density at radius 3 is 2.30 bits per heavy atom. The molecule has 2 rings (SSSR count). The quantitative estimate of drug-likeness (QED) is 0.586. The third-order valence-corrected chi connectivity index (χ3v) is 3.49. The summed E-state index contributed by atoms with van der Waals surface area (Å²) in [6.45, 7) is -0.658. The summed E-state index contributed by atoms with van der Waals surface area (Å²) in [6.07, 6.45) is -4.80. The van der Waals surface area contributed by atoms with Gasteiger partial charge in [-0.3, -0.25) is 14.4 Å². The number of ketones is 1. The van der Waals surface area contributed by atoms with Crippen molar-refractivity contribution in [1.29, 1.82) is 0 Å². The predicted octanol–water partition coefficient (Wildman–Crippen LogP) is 3.85. The van der Waals surface area contributed by atoms with Crippen LogP contribution in [0.4, 0.5) is 18.9 Å². The zero-order valence-electron chi connectivity index (χ0n) is 14.1. The monoisotopic (exact) mass is 379 g/mol. The zero-order chi connectivity index (χ0) is 19.9. The van der Waals surface area contributed by atoms with Gasteiger partial charge >= 0.3 is 12.1 Å². The first-order valence-electron chi connectivity index (χ1n) is 7.96. The van der Waals surface area contributed by atoms with Gasteiger partial charge in [0.2, 0.25) is 0 Å². The molecular formula is C19H16F3NO4. The number of hydrogen-bond acceptors (Lipinski definition) is 4. The number of carbonyl (C=O) groups excluding carboxylic acids is 3. The van der Waals surface area contributed by atoms with E-state index in [9.17, 15) is 27.6 Å². The van der Waals surface area contributed by atoms with Crippen molar-refractivity contribution in [2.45, 2.75) is 19.0 Å². The lowest BCUT2D eigenvalue weighted by molar-refractivity contribution is -0.147. The van der Waals surface area contributed by atoms with Crippen LogP contribution >= 0.6 is 0 Å². The fourth-order valence-corrected chi connectivity index (χ4v) is 2.17. The van der Waals surface area contributed by atoms with Crippen molar-refractivity contribution in [2.75, 3.05) is 11.9 Å². The van der Waals surface area contributed by atoms with Gasteiger partial charge in [0.25, 0.3) is 5.91 Å². The van der Waals surface area contributed by atoms with E-state index in [0.717, 1.165) is 18.2 Å². The number of ether oxygens (including phenoxy) is 1. The molecule has 0 aliphatic heterocycles. The van der Waals surface area contributed by atoms with Gasteiger partial charge in [0, 0.05) is 17.7 Å². The largest absolute Gasteiger partial charge is 0.456 e. The Labute approximate surface area is 153 Å². The summed E-state index contributed by atoms with van der Waals surface area (Å²) in [4.78, 5) is 35.2. The second-order valence-corrected chi connectivity index (χ2v) is 5.58. The molecule has 0 bridgehead atoms. The van der Waals surface area contributed by atoms with E-state index in [4.69, 9.17) is 4.74 Å². The van der Waals surface area contributed by atoms with Gasteiger partial charge in [0.05, 0.1) is 12.0 Å². The van der Waals surface area contributed by atoms with Gasteiger partial charge in [0.15, 0.2) is 12.4 Å². The number of anilines is 1. The fraction of sp³-hybridized carbons (Fsp3) is 0.211. The molecule has 142 valence electrons. The van der Waals surface area contributed by atoms with Crippen LogP contribution in [0.25, 0.3) is 0 Å². The smallest absolute Gasteiger partial charge is 0.416 e. The Bertz CT molecular complexity index is 819. The molecule has 0 aliphatic carbocycles. The molecule has 0 aliphatic rings. The Hall–Kier alpha value is -3.16. The van der Waals surface area contributed by atoms with Gasteiger partial charge in [0.1, 0.15) is 0 Å². The highest BCUT2D eigenvalue weighted by atomic mass is 19.4. The minimum atomic E-state index is -4.53. The summed E-state index contributed by atoms with van der Waals surface area (Å²) < 4.78 is 42.6. The summed E-state index contributed by atoms with van der Waals surface area (Å²) in [5.74, 6) is -1.77. The van der Waals surface area contributed by atoms with Crippen LogP contribution in [-0.2, 0) is 20.5 Å². The van der Waals surface area contributed by atoms with Gasteiger partial charge < -0.3 is 10.1 Å². The second-order valence-electron chi connectivity index (χ2n) is 5.58. The van der Waals surface area contributed by atoms with E-state index in [2.05, 4.69) is 5.32 Å². The molecule has 0 saturated carbocycles. The topological polar surface area (TPSA) is 72.5 Å². The number of Topliss-reactive ketones (excluding diaryl/α,β-unsaturated/α-hetero) is 1. The molecule has 0 aromatic heterocycles. The third-order valence-electron chi connectivity index (χ3n) is 3.49. The molecule has 0 saturated heterocycles. The van der Waals surface area contributed by atoms with E-state index in [1.54, 1.807) is 30.3 Å². The first-order valence-corrected chi connectivity index (χ1v) is 7.96. The van der Waals surface area contributed by atoms with Crippen LogP contribution in [0.2, 0.25) is 0 Å². The molecule has 1 N–H and O–H groups in total. The van der Waals surface area contributed by atoms with Crippen LogP contribution < -0.4 is 5.32 Å². The molecule has 0 fully saturated rings. The maximum atomic E-state index is 12.6. The van der Waals surface area contributed by atoms with E-state index in [1.165, 1.54) is 6.07 Å². The maximum absolute atomic E-state index is 12.6. The zero-order valence-corrected chi connectivity index (χ0v) is 14.1. The van der Waals surface area contributed by atoms with Crippen molar-refractivity contribution in [3.05, 3.63) is 65.7 Å². The fourth-order valence-electron chi connectivity index (χ4n) is 2.17. The SMILES string of the molecule is O=C(COC(=O)CCC(=O)c1ccccc1)Nc1cccc(C(F)(F)F)c1. The van der Waals surface area contributed by atoms with Crippen LogP contribution in [0.15, 0.2) is 54.6 Å². The van der Waals surface area contributed by atoms with Crippen molar-refractivity contribution < 1.29 is 32.3 Å². The summed E-state index contributed by atoms with van der Waals surface area (Å²) >= 11 is 0. The molecule has 2 aromatic rings. The van der Waals surface area contributed by atoms with Crippen LogP contribution in [0.1, 0.15) is 28.8 Å². The number of amides is 1. The third kappa shape index (κ3) is 6.58. The van der Waals surface area contributed by atoms with E-state index in [-0.39, 0.29) is 24.3 Å². The Morgan fingerprint density at radius 1 is 0.926 bits per heavy atom. The molecular weight excluding hydrogens is 363 g/mol. The van der Waals surface area contributed by atoms with Crippen molar-refractivity contribution in [1.82, 2.24) is 0 Å². The number of carbonyl (C=O) groups is 3. The lowest BCUT2D eigenvalue weighted by Gasteiger charge is -2.10. The Kier molecular flexibility index (Phi) is 6.70. The number of rotatable bonds is 7. The molecule has 0 unspecified atom stereocenters. The van der Waals surface area contributed by atoms with Crippen molar-refractivity contribution in [3.8, 4) is 0 Å². The standard InChI is InChI=1S/C19H16F3NO4/c20-19(21,22)14-7-4-8-15(11-14)23-17(25)12-27-18(26)10-9-16(24)13-5-2-1-3-6-13/h1-8,11H,9-10,12H2,(H,23,25). The molecule has 1 amide bonds. The van der Waals surface area contributed by atoms with Gasteiger partial charge in [-0.25, -0.2) is 0 Å². The van der Waals surface area contributed by atoms with Crippen LogP contribution in [0.5, 0.6) is 0 Å². The summed E-state index contributed by atoms with van der Waals surface area (Å²) in [5.41, 5.74) is -0.505. The molecule has 0 atom stereocenters. The van der Waals surface area contributed by atoms with Gasteiger partial charge in [-0.2, -0.15) is 13.2 Å². The van der Waals surface area contributed by atoms with Gasteiger partial charge in [-0.15, -0.1) is 0 Å². The second kappa shape index (κ2) is 8.98. The maximum Gasteiger partial charge on any atom is 0.416 e. The van der Waals surface area contributed by atoms with Gasteiger partial charge in [-0.05, 0) is 18.2 Å². The number of hydrogen-bond donors (Lipinski definition) is 1. The molecule has 5 nitrogen and oxygen atoms in total. The molecule has 0 heterocycles. The molecule has 0 spiro atoms. The molecule has 8 heteroatoms. The van der Waals surface area contributed by atoms with Crippen LogP contribution in [0.3, 0.4) is 0 Å². The van der Waals surface area contributed by atoms with Crippen LogP contribution in [-0.4, -0.2) is 24.3 Å². The number of benzene rings is 2. The summed E-state index contributed by atoms with van der Waals surface area (Å²) in [6, 6.07) is 12.5. The van der Waals surface area contributed by atoms with Gasteiger partial charge in [-0.1, -0.05) is 36.4 Å². The van der Waals surface area contributed by atoms with E-state index >= 15 is 0 Å². The number of halogens is 3. The average molecular weight is 379 g/mol. The molecule has 27 heavy (non-hydrogen) atoms.